The summed E-state index contributed by atoms with van der Waals surface area (Å²) >= 11 is 1.53. The van der Waals surface area contributed by atoms with Gasteiger partial charge in [0.25, 0.3) is 5.56 Å². The van der Waals surface area contributed by atoms with Crippen molar-refractivity contribution in [3.05, 3.63) is 27.5 Å². The quantitative estimate of drug-likeness (QED) is 0.890. The van der Waals surface area contributed by atoms with Crippen LogP contribution in [0.1, 0.15) is 32.9 Å². The van der Waals surface area contributed by atoms with E-state index in [0.29, 0.717) is 18.0 Å². The molecule has 2 aromatic heterocycles. The Bertz CT molecular complexity index is 660. The second kappa shape index (κ2) is 6.85. The fourth-order valence-electron chi connectivity index (χ4n) is 2.04. The van der Waals surface area contributed by atoms with Gasteiger partial charge in [0.05, 0.1) is 17.0 Å². The summed E-state index contributed by atoms with van der Waals surface area (Å²) in [5.74, 6) is 0.377. The van der Waals surface area contributed by atoms with Crippen LogP contribution in [-0.2, 0) is 6.54 Å². The van der Waals surface area contributed by atoms with E-state index in [9.17, 15) is 4.79 Å². The molecule has 0 atom stereocenters. The maximum absolute atomic E-state index is 12.5. The fourth-order valence-corrected chi connectivity index (χ4v) is 2.78. The van der Waals surface area contributed by atoms with Gasteiger partial charge in [0, 0.05) is 18.5 Å². The van der Waals surface area contributed by atoms with Gasteiger partial charge in [-0.2, -0.15) is 5.10 Å². The molecule has 0 fully saturated rings. The number of rotatable bonds is 6. The Hall–Kier alpha value is -1.69. The Balaban J connectivity index is 2.37. The lowest BCUT2D eigenvalue weighted by Gasteiger charge is -2.09. The third-order valence-electron chi connectivity index (χ3n) is 2.94. The average Bonchev–Trinajstić information content (AvgIpc) is 2.88. The molecule has 0 aromatic carbocycles. The molecule has 0 bridgehead atoms. The Morgan fingerprint density at radius 2 is 2.19 bits per heavy atom. The van der Waals surface area contributed by atoms with Crippen molar-refractivity contribution in [2.75, 3.05) is 11.9 Å². The predicted molar refractivity (Wildman–Crippen MR) is 88.0 cm³/mol. The highest BCUT2D eigenvalue weighted by atomic mass is 32.1. The van der Waals surface area contributed by atoms with E-state index >= 15 is 0 Å². The number of hydrogen-bond donors (Lipinski definition) is 1. The van der Waals surface area contributed by atoms with Crippen LogP contribution in [0.3, 0.4) is 0 Å². The molecule has 114 valence electrons. The molecule has 6 heteroatoms. The third kappa shape index (κ3) is 3.91. The predicted octanol–water partition coefficient (Wildman–Crippen LogP) is 3.15. The smallest absolute Gasteiger partial charge is 0.276 e. The van der Waals surface area contributed by atoms with E-state index in [-0.39, 0.29) is 5.56 Å². The zero-order chi connectivity index (χ0) is 15.4. The minimum Gasteiger partial charge on any atom is -0.362 e. The van der Waals surface area contributed by atoms with Crippen molar-refractivity contribution in [2.24, 2.45) is 5.92 Å². The topological polar surface area (TPSA) is 59.8 Å². The summed E-state index contributed by atoms with van der Waals surface area (Å²) in [4.78, 5) is 17.0. The van der Waals surface area contributed by atoms with Crippen LogP contribution in [0.25, 0.3) is 11.3 Å². The number of aryl methyl sites for hydroxylation is 1. The normalized spacial score (nSPS) is 11.1. The number of nitrogens with zero attached hydrogens (tertiary/aromatic N) is 3. The number of thiazole rings is 1. The van der Waals surface area contributed by atoms with Gasteiger partial charge in [-0.1, -0.05) is 20.8 Å². The molecule has 2 heterocycles. The maximum Gasteiger partial charge on any atom is 0.276 e. The van der Waals surface area contributed by atoms with Gasteiger partial charge in [-0.15, -0.1) is 11.3 Å². The first-order valence-electron chi connectivity index (χ1n) is 7.29. The molecule has 2 aromatic rings. The van der Waals surface area contributed by atoms with E-state index in [1.54, 1.807) is 4.68 Å². The highest BCUT2D eigenvalue weighted by molar-refractivity contribution is 7.14. The van der Waals surface area contributed by atoms with Gasteiger partial charge in [0.1, 0.15) is 0 Å². The summed E-state index contributed by atoms with van der Waals surface area (Å²) in [6.45, 7) is 9.68. The summed E-state index contributed by atoms with van der Waals surface area (Å²) in [6, 6.07) is 1.82. The summed E-state index contributed by atoms with van der Waals surface area (Å²) in [5, 5.41) is 10.3. The molecular formula is C15H22N4OS. The molecule has 0 saturated heterocycles. The first-order valence-corrected chi connectivity index (χ1v) is 8.17. The first kappa shape index (κ1) is 15.7. The van der Waals surface area contributed by atoms with Crippen LogP contribution in [0.2, 0.25) is 0 Å². The zero-order valence-corrected chi connectivity index (χ0v) is 13.8. The van der Waals surface area contributed by atoms with Gasteiger partial charge in [-0.05, 0) is 25.3 Å². The Morgan fingerprint density at radius 3 is 2.86 bits per heavy atom. The van der Waals surface area contributed by atoms with E-state index in [1.807, 2.05) is 18.4 Å². The molecule has 0 amide bonds. The Labute approximate surface area is 129 Å². The van der Waals surface area contributed by atoms with Gasteiger partial charge in [0.15, 0.2) is 5.13 Å². The van der Waals surface area contributed by atoms with Gasteiger partial charge in [-0.3, -0.25) is 4.79 Å². The van der Waals surface area contributed by atoms with Crippen molar-refractivity contribution in [1.82, 2.24) is 14.8 Å². The van der Waals surface area contributed by atoms with Crippen molar-refractivity contribution in [1.29, 1.82) is 0 Å². The summed E-state index contributed by atoms with van der Waals surface area (Å²) in [6.07, 6.45) is 1.05. The Kier molecular flexibility index (Phi) is 5.12. The first-order chi connectivity index (χ1) is 10.0. The van der Waals surface area contributed by atoms with Crippen LogP contribution in [0.15, 0.2) is 16.2 Å². The van der Waals surface area contributed by atoms with E-state index in [0.717, 1.165) is 29.5 Å². The molecule has 0 saturated carbocycles. The fraction of sp³-hybridized carbons (Fsp3) is 0.533. The number of nitrogens with one attached hydrogen (secondary N) is 1. The van der Waals surface area contributed by atoms with E-state index in [1.165, 1.54) is 11.3 Å². The number of hydrogen-bond acceptors (Lipinski definition) is 5. The number of anilines is 1. The van der Waals surface area contributed by atoms with Gasteiger partial charge in [-0.25, -0.2) is 9.67 Å². The van der Waals surface area contributed by atoms with Gasteiger partial charge >= 0.3 is 0 Å². The molecule has 1 N–H and O–H groups in total. The highest BCUT2D eigenvalue weighted by Crippen LogP contribution is 2.22. The molecule has 0 radical (unpaired) electrons. The summed E-state index contributed by atoms with van der Waals surface area (Å²) in [5.41, 5.74) is 2.12. The third-order valence-corrected chi connectivity index (χ3v) is 3.74. The largest absolute Gasteiger partial charge is 0.362 e. The van der Waals surface area contributed by atoms with Crippen LogP contribution in [0, 0.1) is 12.8 Å². The highest BCUT2D eigenvalue weighted by Gasteiger charge is 2.13. The van der Waals surface area contributed by atoms with Gasteiger partial charge < -0.3 is 5.32 Å². The lowest BCUT2D eigenvalue weighted by atomic mass is 10.2. The van der Waals surface area contributed by atoms with Crippen LogP contribution >= 0.6 is 11.3 Å². The lowest BCUT2D eigenvalue weighted by molar-refractivity contribution is 0.461. The maximum atomic E-state index is 12.5. The molecular weight excluding hydrogens is 284 g/mol. The molecule has 2 rings (SSSR count). The van der Waals surface area contributed by atoms with Crippen molar-refractivity contribution in [2.45, 2.75) is 40.7 Å². The van der Waals surface area contributed by atoms with Crippen molar-refractivity contribution >= 4 is 16.5 Å². The Morgan fingerprint density at radius 1 is 1.43 bits per heavy atom. The van der Waals surface area contributed by atoms with Crippen molar-refractivity contribution in [3.63, 3.8) is 0 Å². The minimum absolute atomic E-state index is 0.0679. The molecule has 0 spiro atoms. The molecule has 0 aliphatic rings. The molecule has 0 aliphatic carbocycles. The van der Waals surface area contributed by atoms with Crippen LogP contribution in [0.4, 0.5) is 5.13 Å². The van der Waals surface area contributed by atoms with Crippen LogP contribution in [-0.4, -0.2) is 21.3 Å². The van der Waals surface area contributed by atoms with E-state index in [2.05, 4.69) is 36.2 Å². The van der Waals surface area contributed by atoms with E-state index < -0.39 is 0 Å². The molecule has 0 unspecified atom stereocenters. The van der Waals surface area contributed by atoms with Crippen molar-refractivity contribution in [3.8, 4) is 11.3 Å². The molecule has 5 nitrogen and oxygen atoms in total. The van der Waals surface area contributed by atoms with Crippen LogP contribution in [0.5, 0.6) is 0 Å². The second-order valence-electron chi connectivity index (χ2n) is 5.55. The average molecular weight is 306 g/mol. The monoisotopic (exact) mass is 306 g/mol. The van der Waals surface area contributed by atoms with Crippen molar-refractivity contribution < 1.29 is 0 Å². The minimum atomic E-state index is -0.0679. The molecule has 0 aliphatic heterocycles. The standard InChI is InChI=1S/C15H22N4OS/c1-5-6-16-15-17-13(9-21-15)12-7-11(4)18-19(14(12)20)8-10(2)3/h7,9-10H,5-6,8H2,1-4H3,(H,16,17). The summed E-state index contributed by atoms with van der Waals surface area (Å²) < 4.78 is 1.55. The van der Waals surface area contributed by atoms with E-state index in [4.69, 9.17) is 0 Å². The zero-order valence-electron chi connectivity index (χ0n) is 13.0. The lowest BCUT2D eigenvalue weighted by Crippen LogP contribution is -2.27. The molecule has 21 heavy (non-hydrogen) atoms. The van der Waals surface area contributed by atoms with Gasteiger partial charge in [0.2, 0.25) is 0 Å². The van der Waals surface area contributed by atoms with Crippen LogP contribution < -0.4 is 10.9 Å². The number of aromatic nitrogens is 3. The SMILES string of the molecule is CCCNc1nc(-c2cc(C)nn(CC(C)C)c2=O)cs1. The summed E-state index contributed by atoms with van der Waals surface area (Å²) in [7, 11) is 0. The second-order valence-corrected chi connectivity index (χ2v) is 6.40.